The molecule has 0 fully saturated rings. The van der Waals surface area contributed by atoms with Crippen LogP contribution in [0.25, 0.3) is 0 Å². The van der Waals surface area contributed by atoms with Gasteiger partial charge in [0, 0.05) is 6.54 Å². The minimum atomic E-state index is -0.937. The van der Waals surface area contributed by atoms with Gasteiger partial charge in [-0.05, 0) is 25.5 Å². The van der Waals surface area contributed by atoms with E-state index < -0.39 is 17.3 Å². The summed E-state index contributed by atoms with van der Waals surface area (Å²) in [5.74, 6) is -0.868. The van der Waals surface area contributed by atoms with Crippen LogP contribution >= 0.6 is 0 Å². The Morgan fingerprint density at radius 3 is 2.78 bits per heavy atom. The van der Waals surface area contributed by atoms with Gasteiger partial charge >= 0.3 is 0 Å². The molecule has 0 aliphatic rings. The van der Waals surface area contributed by atoms with Crippen LogP contribution in [0.3, 0.4) is 0 Å². The van der Waals surface area contributed by atoms with Gasteiger partial charge in [0.1, 0.15) is 0 Å². The lowest BCUT2D eigenvalue weighted by Crippen LogP contribution is -2.41. The number of para-hydroxylation sites is 1. The van der Waals surface area contributed by atoms with Gasteiger partial charge in [0.15, 0.2) is 18.2 Å². The minimum absolute atomic E-state index is 0.0369. The summed E-state index contributed by atoms with van der Waals surface area (Å²) in [6.07, 6.45) is 0.529. The van der Waals surface area contributed by atoms with E-state index in [1.165, 1.54) is 12.1 Å². The second-order valence-corrected chi connectivity index (χ2v) is 4.35. The predicted molar refractivity (Wildman–Crippen MR) is 65.8 cm³/mol. The lowest BCUT2D eigenvalue weighted by atomic mass is 10.0. The van der Waals surface area contributed by atoms with E-state index in [2.05, 4.69) is 5.32 Å². The van der Waals surface area contributed by atoms with Crippen molar-refractivity contribution >= 4 is 5.91 Å². The van der Waals surface area contributed by atoms with E-state index >= 15 is 0 Å². The van der Waals surface area contributed by atoms with Crippen LogP contribution in [0, 0.1) is 5.82 Å². The van der Waals surface area contributed by atoms with Gasteiger partial charge in [-0.25, -0.2) is 4.39 Å². The number of hydrogen-bond acceptors (Lipinski definition) is 3. The van der Waals surface area contributed by atoms with Crippen molar-refractivity contribution in [3.8, 4) is 5.75 Å². The van der Waals surface area contributed by atoms with Crippen LogP contribution in [0.1, 0.15) is 20.3 Å². The molecular formula is C13H18FNO3. The molecule has 100 valence electrons. The SMILES string of the molecule is CCC(C)(O)CNC(=O)COc1ccccc1F. The van der Waals surface area contributed by atoms with Crippen molar-refractivity contribution in [2.24, 2.45) is 0 Å². The molecule has 0 aliphatic heterocycles. The molecule has 5 heteroatoms. The highest BCUT2D eigenvalue weighted by atomic mass is 19.1. The normalized spacial score (nSPS) is 13.8. The van der Waals surface area contributed by atoms with E-state index in [0.717, 1.165) is 0 Å². The Hall–Kier alpha value is -1.62. The van der Waals surface area contributed by atoms with E-state index in [9.17, 15) is 14.3 Å². The summed E-state index contributed by atoms with van der Waals surface area (Å²) in [6.45, 7) is 3.32. The Balaban J connectivity index is 2.36. The molecule has 0 saturated carbocycles. The fourth-order valence-corrected chi connectivity index (χ4v) is 1.17. The average molecular weight is 255 g/mol. The molecule has 0 saturated heterocycles. The maximum absolute atomic E-state index is 13.2. The smallest absolute Gasteiger partial charge is 0.258 e. The van der Waals surface area contributed by atoms with Gasteiger partial charge in [-0.3, -0.25) is 4.79 Å². The van der Waals surface area contributed by atoms with Gasteiger partial charge in [-0.1, -0.05) is 19.1 Å². The van der Waals surface area contributed by atoms with E-state index in [1.54, 1.807) is 19.1 Å². The molecule has 0 spiro atoms. The highest BCUT2D eigenvalue weighted by Crippen LogP contribution is 2.14. The van der Waals surface area contributed by atoms with Crippen LogP contribution in [0.15, 0.2) is 24.3 Å². The van der Waals surface area contributed by atoms with Crippen LogP contribution in [0.5, 0.6) is 5.75 Å². The summed E-state index contributed by atoms with van der Waals surface area (Å²) in [4.78, 5) is 11.4. The molecule has 0 aliphatic carbocycles. The van der Waals surface area contributed by atoms with E-state index in [4.69, 9.17) is 4.74 Å². The van der Waals surface area contributed by atoms with Gasteiger partial charge in [0.25, 0.3) is 5.91 Å². The highest BCUT2D eigenvalue weighted by molar-refractivity contribution is 5.77. The van der Waals surface area contributed by atoms with Crippen molar-refractivity contribution in [2.45, 2.75) is 25.9 Å². The molecule has 4 nitrogen and oxygen atoms in total. The Labute approximate surface area is 106 Å². The fourth-order valence-electron chi connectivity index (χ4n) is 1.17. The lowest BCUT2D eigenvalue weighted by Gasteiger charge is -2.21. The summed E-state index contributed by atoms with van der Waals surface area (Å²) in [5.41, 5.74) is -0.937. The van der Waals surface area contributed by atoms with E-state index in [0.29, 0.717) is 6.42 Å². The van der Waals surface area contributed by atoms with Crippen LogP contribution in [0.2, 0.25) is 0 Å². The molecule has 1 unspecified atom stereocenters. The van der Waals surface area contributed by atoms with Crippen molar-refractivity contribution in [2.75, 3.05) is 13.2 Å². The third-order valence-corrected chi connectivity index (χ3v) is 2.62. The average Bonchev–Trinajstić information content (AvgIpc) is 2.35. The predicted octanol–water partition coefficient (Wildman–Crippen LogP) is 1.48. The number of rotatable bonds is 6. The van der Waals surface area contributed by atoms with Crippen LogP contribution in [0.4, 0.5) is 4.39 Å². The number of halogens is 1. The number of benzene rings is 1. The van der Waals surface area contributed by atoms with Crippen molar-refractivity contribution in [1.82, 2.24) is 5.32 Å². The largest absolute Gasteiger partial charge is 0.481 e. The van der Waals surface area contributed by atoms with Crippen LogP contribution in [-0.2, 0) is 4.79 Å². The molecule has 1 aromatic rings. The van der Waals surface area contributed by atoms with Gasteiger partial charge in [0.05, 0.1) is 5.60 Å². The van der Waals surface area contributed by atoms with E-state index in [1.807, 2.05) is 6.92 Å². The number of aliphatic hydroxyl groups is 1. The lowest BCUT2D eigenvalue weighted by molar-refractivity contribution is -0.124. The number of hydrogen-bond donors (Lipinski definition) is 2. The molecule has 1 aromatic carbocycles. The maximum atomic E-state index is 13.2. The number of ether oxygens (including phenoxy) is 1. The Morgan fingerprint density at radius 2 is 2.17 bits per heavy atom. The molecule has 1 amide bonds. The van der Waals surface area contributed by atoms with Crippen LogP contribution < -0.4 is 10.1 Å². The minimum Gasteiger partial charge on any atom is -0.481 e. The molecule has 1 atom stereocenters. The van der Waals surface area contributed by atoms with Gasteiger partial charge in [0.2, 0.25) is 0 Å². The summed E-state index contributed by atoms with van der Waals surface area (Å²) in [5, 5.41) is 12.2. The number of amides is 1. The maximum Gasteiger partial charge on any atom is 0.258 e. The molecule has 1 rings (SSSR count). The number of carbonyl (C=O) groups is 1. The molecule has 0 radical (unpaired) electrons. The summed E-state index contributed by atoms with van der Waals surface area (Å²) in [6, 6.07) is 5.87. The van der Waals surface area contributed by atoms with E-state index in [-0.39, 0.29) is 18.9 Å². The second-order valence-electron chi connectivity index (χ2n) is 4.35. The first-order chi connectivity index (χ1) is 8.44. The monoisotopic (exact) mass is 255 g/mol. The standard InChI is InChI=1S/C13H18FNO3/c1-3-13(2,17)9-15-12(16)8-18-11-7-5-4-6-10(11)14/h4-7,17H,3,8-9H2,1-2H3,(H,15,16). The third kappa shape index (κ3) is 4.71. The van der Waals surface area contributed by atoms with Crippen molar-refractivity contribution in [1.29, 1.82) is 0 Å². The molecule has 0 aromatic heterocycles. The summed E-state index contributed by atoms with van der Waals surface area (Å²) < 4.78 is 18.2. The summed E-state index contributed by atoms with van der Waals surface area (Å²) in [7, 11) is 0. The fraction of sp³-hybridized carbons (Fsp3) is 0.462. The Morgan fingerprint density at radius 1 is 1.50 bits per heavy atom. The van der Waals surface area contributed by atoms with Crippen molar-refractivity contribution < 1.29 is 19.0 Å². The highest BCUT2D eigenvalue weighted by Gasteiger charge is 2.18. The first kappa shape index (κ1) is 14.4. The Bertz CT molecular complexity index is 407. The van der Waals surface area contributed by atoms with Crippen molar-refractivity contribution in [3.05, 3.63) is 30.1 Å². The zero-order valence-electron chi connectivity index (χ0n) is 10.6. The molecule has 0 heterocycles. The number of carbonyl (C=O) groups excluding carboxylic acids is 1. The van der Waals surface area contributed by atoms with Crippen LogP contribution in [-0.4, -0.2) is 29.8 Å². The van der Waals surface area contributed by atoms with Crippen molar-refractivity contribution in [3.63, 3.8) is 0 Å². The molecular weight excluding hydrogens is 237 g/mol. The molecule has 18 heavy (non-hydrogen) atoms. The summed E-state index contributed by atoms with van der Waals surface area (Å²) >= 11 is 0. The van der Waals surface area contributed by atoms with Gasteiger partial charge < -0.3 is 15.2 Å². The van der Waals surface area contributed by atoms with Gasteiger partial charge in [-0.15, -0.1) is 0 Å². The van der Waals surface area contributed by atoms with Gasteiger partial charge in [-0.2, -0.15) is 0 Å². The third-order valence-electron chi connectivity index (χ3n) is 2.62. The first-order valence-corrected chi connectivity index (χ1v) is 5.81. The number of nitrogens with one attached hydrogen (secondary N) is 1. The molecule has 0 bridgehead atoms. The zero-order valence-corrected chi connectivity index (χ0v) is 10.6. The second kappa shape index (κ2) is 6.35. The quantitative estimate of drug-likeness (QED) is 0.809. The Kier molecular flexibility index (Phi) is 5.09. The zero-order chi connectivity index (χ0) is 13.6. The molecule has 2 N–H and O–H groups in total. The topological polar surface area (TPSA) is 58.6 Å². The first-order valence-electron chi connectivity index (χ1n) is 5.81.